The fourth-order valence-electron chi connectivity index (χ4n) is 2.51. The summed E-state index contributed by atoms with van der Waals surface area (Å²) in [4.78, 5) is 10.5. The second-order valence-electron chi connectivity index (χ2n) is 6.21. The van der Waals surface area contributed by atoms with E-state index in [9.17, 15) is 18.5 Å². The molecule has 3 rings (SSSR count). The molecular formula is C19H16ClN3O5S. The van der Waals surface area contributed by atoms with E-state index < -0.39 is 14.9 Å². The number of sulfonamides is 1. The third kappa shape index (κ3) is 4.64. The van der Waals surface area contributed by atoms with Crippen molar-refractivity contribution in [1.29, 1.82) is 0 Å². The van der Waals surface area contributed by atoms with E-state index in [2.05, 4.69) is 9.88 Å². The van der Waals surface area contributed by atoms with Gasteiger partial charge in [0.2, 0.25) is 5.76 Å². The number of anilines is 1. The van der Waals surface area contributed by atoms with Crippen LogP contribution in [-0.4, -0.2) is 18.5 Å². The molecule has 0 aliphatic heterocycles. The van der Waals surface area contributed by atoms with Crippen LogP contribution in [0.1, 0.15) is 22.6 Å². The minimum absolute atomic E-state index is 0.0158. The second-order valence-corrected chi connectivity index (χ2v) is 8.30. The molecule has 0 spiro atoms. The van der Waals surface area contributed by atoms with Crippen molar-refractivity contribution < 1.29 is 17.9 Å². The predicted molar refractivity (Wildman–Crippen MR) is 110 cm³/mol. The van der Waals surface area contributed by atoms with Gasteiger partial charge in [0.1, 0.15) is 0 Å². The highest BCUT2D eigenvalue weighted by atomic mass is 35.5. The highest BCUT2D eigenvalue weighted by Gasteiger charge is 2.22. The van der Waals surface area contributed by atoms with Crippen molar-refractivity contribution in [1.82, 2.24) is 5.16 Å². The Morgan fingerprint density at radius 1 is 1.14 bits per heavy atom. The van der Waals surface area contributed by atoms with E-state index in [-0.39, 0.29) is 22.0 Å². The molecule has 1 N–H and O–H groups in total. The van der Waals surface area contributed by atoms with Gasteiger partial charge in [-0.15, -0.1) is 0 Å². The molecule has 150 valence electrons. The third-order valence-electron chi connectivity index (χ3n) is 4.08. The Labute approximate surface area is 172 Å². The zero-order valence-corrected chi connectivity index (χ0v) is 17.0. The molecule has 0 fully saturated rings. The third-order valence-corrected chi connectivity index (χ3v) is 5.89. The van der Waals surface area contributed by atoms with E-state index in [1.165, 1.54) is 31.2 Å². The smallest absolute Gasteiger partial charge is 0.338 e. The van der Waals surface area contributed by atoms with Crippen LogP contribution in [0.5, 0.6) is 0 Å². The average molecular weight is 434 g/mol. The first-order valence-electron chi connectivity index (χ1n) is 8.35. The lowest BCUT2D eigenvalue weighted by atomic mass is 10.2. The van der Waals surface area contributed by atoms with Crippen molar-refractivity contribution in [2.24, 2.45) is 0 Å². The molecule has 1 aromatic heterocycles. The van der Waals surface area contributed by atoms with Gasteiger partial charge in [0, 0.05) is 5.02 Å². The summed E-state index contributed by atoms with van der Waals surface area (Å²) < 4.78 is 32.5. The minimum atomic E-state index is -3.79. The number of hydrogen-bond donors (Lipinski definition) is 1. The zero-order chi connectivity index (χ0) is 21.2. The summed E-state index contributed by atoms with van der Waals surface area (Å²) in [5, 5.41) is 15.1. The van der Waals surface area contributed by atoms with Gasteiger partial charge in [-0.05, 0) is 55.3 Å². The number of aromatic nitrogens is 1. The van der Waals surface area contributed by atoms with Gasteiger partial charge >= 0.3 is 5.69 Å². The van der Waals surface area contributed by atoms with E-state index in [4.69, 9.17) is 16.1 Å². The summed E-state index contributed by atoms with van der Waals surface area (Å²) in [6.07, 6.45) is 2.98. The molecule has 0 radical (unpaired) electrons. The fourth-order valence-corrected chi connectivity index (χ4v) is 3.74. The molecule has 0 amide bonds. The Balaban J connectivity index is 1.79. The van der Waals surface area contributed by atoms with Crippen LogP contribution in [0.25, 0.3) is 12.2 Å². The molecule has 0 saturated heterocycles. The SMILES string of the molecule is Cc1ccc(NS(=O)(=O)c2ccc(C=Cc3onc(C)c3[N+](=O)[O-])cc2)cc1Cl. The molecule has 0 unspecified atom stereocenters. The molecule has 3 aromatic rings. The van der Waals surface area contributed by atoms with Crippen molar-refractivity contribution in [2.75, 3.05) is 4.72 Å². The number of halogens is 1. The van der Waals surface area contributed by atoms with Crippen LogP contribution in [0.2, 0.25) is 5.02 Å². The number of hydrogen-bond acceptors (Lipinski definition) is 6. The van der Waals surface area contributed by atoms with E-state index >= 15 is 0 Å². The molecule has 8 nitrogen and oxygen atoms in total. The lowest BCUT2D eigenvalue weighted by molar-refractivity contribution is -0.386. The first-order valence-corrected chi connectivity index (χ1v) is 10.2. The molecule has 1 heterocycles. The lowest BCUT2D eigenvalue weighted by Crippen LogP contribution is -2.12. The Kier molecular flexibility index (Phi) is 5.71. The summed E-state index contributed by atoms with van der Waals surface area (Å²) in [6.45, 7) is 3.30. The summed E-state index contributed by atoms with van der Waals surface area (Å²) in [7, 11) is -3.79. The van der Waals surface area contributed by atoms with Crippen LogP contribution in [-0.2, 0) is 10.0 Å². The van der Waals surface area contributed by atoms with Gasteiger partial charge in [-0.2, -0.15) is 0 Å². The van der Waals surface area contributed by atoms with Crippen LogP contribution >= 0.6 is 11.6 Å². The van der Waals surface area contributed by atoms with Gasteiger partial charge in [0.25, 0.3) is 10.0 Å². The highest BCUT2D eigenvalue weighted by Crippen LogP contribution is 2.25. The normalized spacial score (nSPS) is 11.7. The van der Waals surface area contributed by atoms with Crippen molar-refractivity contribution >= 4 is 45.2 Å². The molecule has 29 heavy (non-hydrogen) atoms. The summed E-state index contributed by atoms with van der Waals surface area (Å²) in [5.74, 6) is 0.0158. The molecule has 2 aromatic carbocycles. The number of benzene rings is 2. The zero-order valence-electron chi connectivity index (χ0n) is 15.4. The fraction of sp³-hybridized carbons (Fsp3) is 0.105. The van der Waals surface area contributed by atoms with Gasteiger partial charge in [0.05, 0.1) is 15.5 Å². The van der Waals surface area contributed by atoms with Gasteiger partial charge in [-0.1, -0.05) is 41.0 Å². The van der Waals surface area contributed by atoms with Crippen molar-refractivity contribution in [3.8, 4) is 0 Å². The van der Waals surface area contributed by atoms with Crippen LogP contribution in [0.4, 0.5) is 11.4 Å². The average Bonchev–Trinajstić information content (AvgIpc) is 3.04. The molecule has 0 aliphatic carbocycles. The molecule has 0 aliphatic rings. The van der Waals surface area contributed by atoms with Crippen LogP contribution in [0, 0.1) is 24.0 Å². The van der Waals surface area contributed by atoms with Gasteiger partial charge in [-0.25, -0.2) is 8.42 Å². The van der Waals surface area contributed by atoms with E-state index in [1.54, 1.807) is 30.3 Å². The first-order chi connectivity index (χ1) is 13.7. The topological polar surface area (TPSA) is 115 Å². The summed E-state index contributed by atoms with van der Waals surface area (Å²) in [6, 6.07) is 10.9. The monoisotopic (exact) mass is 433 g/mol. The van der Waals surface area contributed by atoms with Crippen LogP contribution in [0.15, 0.2) is 51.9 Å². The maximum absolute atomic E-state index is 12.5. The van der Waals surface area contributed by atoms with E-state index in [0.29, 0.717) is 16.3 Å². The Morgan fingerprint density at radius 2 is 1.83 bits per heavy atom. The maximum atomic E-state index is 12.5. The molecule has 10 heteroatoms. The predicted octanol–water partition coefficient (Wildman–Crippen LogP) is 4.82. The molecule has 0 bridgehead atoms. The standard InChI is InChI=1S/C19H16ClN3O5S/c1-12-3-7-15(11-17(12)20)22-29(26,27)16-8-4-14(5-9-16)6-10-18-19(23(24)25)13(2)21-28-18/h3-11,22H,1-2H3. The quantitative estimate of drug-likeness (QED) is 0.440. The Bertz CT molecular complexity index is 1200. The summed E-state index contributed by atoms with van der Waals surface area (Å²) >= 11 is 6.03. The Hall–Kier alpha value is -3.17. The molecule has 0 saturated carbocycles. The van der Waals surface area contributed by atoms with E-state index in [1.807, 2.05) is 6.92 Å². The van der Waals surface area contributed by atoms with Crippen molar-refractivity contribution in [2.45, 2.75) is 18.7 Å². The van der Waals surface area contributed by atoms with Crippen LogP contribution in [0.3, 0.4) is 0 Å². The Morgan fingerprint density at radius 3 is 2.45 bits per heavy atom. The number of nitro groups is 1. The maximum Gasteiger partial charge on any atom is 0.338 e. The lowest BCUT2D eigenvalue weighted by Gasteiger charge is -2.09. The first kappa shape index (κ1) is 20.6. The number of nitrogens with one attached hydrogen (secondary N) is 1. The largest absolute Gasteiger partial charge is 0.349 e. The van der Waals surface area contributed by atoms with Gasteiger partial charge in [0.15, 0.2) is 5.69 Å². The van der Waals surface area contributed by atoms with Gasteiger partial charge in [-0.3, -0.25) is 14.8 Å². The van der Waals surface area contributed by atoms with Crippen LogP contribution < -0.4 is 4.72 Å². The molecular weight excluding hydrogens is 418 g/mol. The number of rotatable bonds is 6. The molecule has 0 atom stereocenters. The summed E-state index contributed by atoms with van der Waals surface area (Å²) in [5.41, 5.74) is 1.80. The number of aryl methyl sites for hydroxylation is 2. The second kappa shape index (κ2) is 8.06. The highest BCUT2D eigenvalue weighted by molar-refractivity contribution is 7.92. The van der Waals surface area contributed by atoms with Crippen molar-refractivity contribution in [3.05, 3.63) is 80.2 Å². The number of nitrogens with zero attached hydrogens (tertiary/aromatic N) is 2. The van der Waals surface area contributed by atoms with Crippen molar-refractivity contribution in [3.63, 3.8) is 0 Å². The van der Waals surface area contributed by atoms with Gasteiger partial charge < -0.3 is 4.52 Å². The minimum Gasteiger partial charge on any atom is -0.349 e. The van der Waals surface area contributed by atoms with E-state index in [0.717, 1.165) is 5.56 Å².